The number of furan rings is 1. The topological polar surface area (TPSA) is 59.7 Å². The van der Waals surface area contributed by atoms with Crippen molar-refractivity contribution < 1.29 is 19.1 Å². The van der Waals surface area contributed by atoms with E-state index in [1.807, 2.05) is 30.3 Å². The van der Waals surface area contributed by atoms with Gasteiger partial charge in [-0.1, -0.05) is 18.2 Å². The van der Waals surface area contributed by atoms with Crippen LogP contribution in [-0.4, -0.2) is 11.1 Å². The fraction of sp³-hybridized carbons (Fsp3) is 0.154. The number of aryl methyl sites for hydroxylation is 1. The maximum atomic E-state index is 10.4. The largest absolute Gasteiger partial charge is 0.481 e. The highest BCUT2D eigenvalue weighted by atomic mass is 16.6. The number of hydrogen-bond donors (Lipinski definition) is 1. The predicted octanol–water partition coefficient (Wildman–Crippen LogP) is 3.09. The van der Waals surface area contributed by atoms with Gasteiger partial charge in [0.05, 0.1) is 6.42 Å². The molecular formula is C13H12O4. The number of hydrogen-bond acceptors (Lipinski definition) is 3. The highest BCUT2D eigenvalue weighted by Crippen LogP contribution is 2.23. The summed E-state index contributed by atoms with van der Waals surface area (Å²) < 4.78 is 10.8. The maximum Gasteiger partial charge on any atom is 0.303 e. The first-order valence-electron chi connectivity index (χ1n) is 5.27. The van der Waals surface area contributed by atoms with Crippen LogP contribution in [0.3, 0.4) is 0 Å². The number of carbonyl (C=O) groups is 1. The lowest BCUT2D eigenvalue weighted by atomic mass is 10.2. The van der Waals surface area contributed by atoms with Gasteiger partial charge in [0.2, 0.25) is 0 Å². The van der Waals surface area contributed by atoms with Crippen molar-refractivity contribution in [3.8, 4) is 11.7 Å². The summed E-state index contributed by atoms with van der Waals surface area (Å²) in [7, 11) is 0. The second-order valence-electron chi connectivity index (χ2n) is 3.53. The van der Waals surface area contributed by atoms with E-state index in [2.05, 4.69) is 0 Å². The molecule has 0 amide bonds. The van der Waals surface area contributed by atoms with E-state index >= 15 is 0 Å². The molecule has 1 N–H and O–H groups in total. The van der Waals surface area contributed by atoms with E-state index in [0.717, 1.165) is 0 Å². The van der Waals surface area contributed by atoms with Crippen molar-refractivity contribution in [3.05, 3.63) is 48.2 Å². The standard InChI is InChI=1S/C13H12O4/c14-12(15)8-6-11-7-9-13(17-11)16-10-4-2-1-3-5-10/h1-5,7,9H,6,8H2,(H,14,15). The molecule has 4 heteroatoms. The molecule has 0 aliphatic heterocycles. The molecule has 17 heavy (non-hydrogen) atoms. The van der Waals surface area contributed by atoms with Crippen LogP contribution in [0.4, 0.5) is 0 Å². The Bertz CT molecular complexity index is 487. The van der Waals surface area contributed by atoms with Gasteiger partial charge >= 0.3 is 5.97 Å². The van der Waals surface area contributed by atoms with Crippen molar-refractivity contribution in [2.45, 2.75) is 12.8 Å². The molecule has 0 unspecified atom stereocenters. The molecule has 0 spiro atoms. The second kappa shape index (κ2) is 5.21. The van der Waals surface area contributed by atoms with Crippen LogP contribution in [0, 0.1) is 0 Å². The van der Waals surface area contributed by atoms with Crippen LogP contribution in [0.1, 0.15) is 12.2 Å². The predicted molar refractivity (Wildman–Crippen MR) is 61.2 cm³/mol. The van der Waals surface area contributed by atoms with Gasteiger partial charge in [-0.2, -0.15) is 0 Å². The smallest absolute Gasteiger partial charge is 0.303 e. The Hall–Kier alpha value is -2.23. The average Bonchev–Trinajstić information content (AvgIpc) is 2.75. The van der Waals surface area contributed by atoms with Gasteiger partial charge in [-0.3, -0.25) is 4.79 Å². The summed E-state index contributed by atoms with van der Waals surface area (Å²) in [5.41, 5.74) is 0. The minimum atomic E-state index is -0.841. The third kappa shape index (κ3) is 3.38. The summed E-state index contributed by atoms with van der Waals surface area (Å²) in [6.07, 6.45) is 0.422. The summed E-state index contributed by atoms with van der Waals surface area (Å²) >= 11 is 0. The normalized spacial score (nSPS) is 10.1. The van der Waals surface area contributed by atoms with Gasteiger partial charge in [-0.15, -0.1) is 0 Å². The first kappa shape index (κ1) is 11.3. The number of rotatable bonds is 5. The van der Waals surface area contributed by atoms with Gasteiger partial charge < -0.3 is 14.3 Å². The Kier molecular flexibility index (Phi) is 3.45. The highest BCUT2D eigenvalue weighted by Gasteiger charge is 2.06. The highest BCUT2D eigenvalue weighted by molar-refractivity contribution is 5.66. The fourth-order valence-corrected chi connectivity index (χ4v) is 1.38. The number of carboxylic acids is 1. The number of para-hydroxylation sites is 1. The molecule has 2 aromatic rings. The second-order valence-corrected chi connectivity index (χ2v) is 3.53. The van der Waals surface area contributed by atoms with Crippen LogP contribution in [-0.2, 0) is 11.2 Å². The van der Waals surface area contributed by atoms with Gasteiger partial charge in [0.15, 0.2) is 0 Å². The van der Waals surface area contributed by atoms with Crippen LogP contribution in [0.2, 0.25) is 0 Å². The molecule has 0 bridgehead atoms. The third-order valence-electron chi connectivity index (χ3n) is 2.18. The number of ether oxygens (including phenoxy) is 1. The zero-order chi connectivity index (χ0) is 12.1. The van der Waals surface area contributed by atoms with Gasteiger partial charge in [0, 0.05) is 12.5 Å². The van der Waals surface area contributed by atoms with Gasteiger partial charge in [0.25, 0.3) is 5.95 Å². The zero-order valence-corrected chi connectivity index (χ0v) is 9.13. The Morgan fingerprint density at radius 1 is 1.18 bits per heavy atom. The summed E-state index contributed by atoms with van der Waals surface area (Å²) in [6.45, 7) is 0. The lowest BCUT2D eigenvalue weighted by Gasteiger charge is -2.00. The maximum absolute atomic E-state index is 10.4. The lowest BCUT2D eigenvalue weighted by molar-refractivity contribution is -0.137. The minimum Gasteiger partial charge on any atom is -0.481 e. The van der Waals surface area contributed by atoms with Crippen LogP contribution in [0.5, 0.6) is 11.7 Å². The molecule has 0 atom stereocenters. The van der Waals surface area contributed by atoms with E-state index in [9.17, 15) is 4.79 Å². The van der Waals surface area contributed by atoms with E-state index in [1.165, 1.54) is 0 Å². The Balaban J connectivity index is 1.97. The lowest BCUT2D eigenvalue weighted by Crippen LogP contribution is -1.96. The first-order chi connectivity index (χ1) is 8.24. The Morgan fingerprint density at radius 3 is 2.65 bits per heavy atom. The summed E-state index contributed by atoms with van der Waals surface area (Å²) in [6, 6.07) is 12.7. The number of carboxylic acid groups (broad SMARTS) is 1. The monoisotopic (exact) mass is 232 g/mol. The van der Waals surface area contributed by atoms with E-state index in [-0.39, 0.29) is 6.42 Å². The Morgan fingerprint density at radius 2 is 1.94 bits per heavy atom. The minimum absolute atomic E-state index is 0.0539. The molecule has 0 aliphatic rings. The van der Waals surface area contributed by atoms with Gasteiger partial charge in [0.1, 0.15) is 11.5 Å². The van der Waals surface area contributed by atoms with Crippen LogP contribution >= 0.6 is 0 Å². The fourth-order valence-electron chi connectivity index (χ4n) is 1.38. The van der Waals surface area contributed by atoms with Crippen LogP contribution in [0.15, 0.2) is 46.9 Å². The van der Waals surface area contributed by atoms with Crippen molar-refractivity contribution in [2.75, 3.05) is 0 Å². The van der Waals surface area contributed by atoms with Gasteiger partial charge in [-0.25, -0.2) is 0 Å². The molecule has 88 valence electrons. The quantitative estimate of drug-likeness (QED) is 0.860. The number of aliphatic carboxylic acids is 1. The molecule has 1 aromatic heterocycles. The summed E-state index contributed by atoms with van der Waals surface area (Å²) in [4.78, 5) is 10.4. The van der Waals surface area contributed by atoms with E-state index < -0.39 is 5.97 Å². The summed E-state index contributed by atoms with van der Waals surface area (Å²) in [5, 5.41) is 8.54. The van der Waals surface area contributed by atoms with Crippen molar-refractivity contribution in [1.82, 2.24) is 0 Å². The molecule has 0 saturated carbocycles. The van der Waals surface area contributed by atoms with Crippen molar-refractivity contribution >= 4 is 5.97 Å². The molecule has 0 radical (unpaired) electrons. The molecular weight excluding hydrogens is 220 g/mol. The van der Waals surface area contributed by atoms with Crippen LogP contribution < -0.4 is 4.74 Å². The molecule has 0 aliphatic carbocycles. The zero-order valence-electron chi connectivity index (χ0n) is 9.13. The first-order valence-corrected chi connectivity index (χ1v) is 5.27. The molecule has 1 heterocycles. The number of benzene rings is 1. The SMILES string of the molecule is O=C(O)CCc1ccc(Oc2ccccc2)o1. The van der Waals surface area contributed by atoms with Crippen molar-refractivity contribution in [3.63, 3.8) is 0 Å². The Labute approximate surface area is 98.4 Å². The van der Waals surface area contributed by atoms with Crippen LogP contribution in [0.25, 0.3) is 0 Å². The van der Waals surface area contributed by atoms with E-state index in [4.69, 9.17) is 14.3 Å². The van der Waals surface area contributed by atoms with Crippen molar-refractivity contribution in [1.29, 1.82) is 0 Å². The average molecular weight is 232 g/mol. The molecule has 1 aromatic carbocycles. The van der Waals surface area contributed by atoms with E-state index in [1.54, 1.807) is 12.1 Å². The molecule has 2 rings (SSSR count). The third-order valence-corrected chi connectivity index (χ3v) is 2.18. The van der Waals surface area contributed by atoms with Gasteiger partial charge in [-0.05, 0) is 18.2 Å². The van der Waals surface area contributed by atoms with Crippen molar-refractivity contribution in [2.24, 2.45) is 0 Å². The molecule has 0 saturated heterocycles. The molecule has 4 nitrogen and oxygen atoms in total. The molecule has 0 fully saturated rings. The van der Waals surface area contributed by atoms with E-state index in [0.29, 0.717) is 23.9 Å². The summed E-state index contributed by atoms with van der Waals surface area (Å²) in [5.74, 6) is 0.827.